The molecule has 3 amide bonds. The highest BCUT2D eigenvalue weighted by molar-refractivity contribution is 5.86. The molecule has 0 radical (unpaired) electrons. The fourth-order valence-corrected chi connectivity index (χ4v) is 2.83. The molecule has 28 heavy (non-hydrogen) atoms. The monoisotopic (exact) mass is 387 g/mol. The molecular weight excluding hydrogens is 362 g/mol. The minimum absolute atomic E-state index is 0.0782. The molecule has 0 saturated heterocycles. The lowest BCUT2D eigenvalue weighted by Crippen LogP contribution is -2.39. The van der Waals surface area contributed by atoms with Crippen LogP contribution in [-0.2, 0) is 23.9 Å². The largest absolute Gasteiger partial charge is 0.456 e. The highest BCUT2D eigenvalue weighted by Gasteiger charge is 2.28. The summed E-state index contributed by atoms with van der Waals surface area (Å²) in [6.07, 6.45) is 4.18. The number of carbonyl (C=O) groups is 4. The molecule has 1 aliphatic rings. The summed E-state index contributed by atoms with van der Waals surface area (Å²) in [5.41, 5.74) is 1.77. The lowest BCUT2D eigenvalue weighted by atomic mass is 9.94. The molecule has 2 N–H and O–H groups in total. The Morgan fingerprint density at radius 2 is 1.86 bits per heavy atom. The van der Waals surface area contributed by atoms with Gasteiger partial charge in [0, 0.05) is 19.7 Å². The number of fused-ring (bicyclic) bond motifs is 1. The third-order valence-corrected chi connectivity index (χ3v) is 4.21. The van der Waals surface area contributed by atoms with Crippen molar-refractivity contribution in [3.8, 4) is 0 Å². The van der Waals surface area contributed by atoms with Gasteiger partial charge in [-0.05, 0) is 23.6 Å². The number of benzene rings is 1. The second-order valence-corrected chi connectivity index (χ2v) is 6.38. The number of hydrogen-bond acceptors (Lipinski definition) is 5. The predicted molar refractivity (Wildman–Crippen MR) is 103 cm³/mol. The number of nitrogens with zero attached hydrogens (tertiary/aromatic N) is 1. The van der Waals surface area contributed by atoms with Crippen LogP contribution in [-0.4, -0.2) is 48.3 Å². The highest BCUT2D eigenvalue weighted by Crippen LogP contribution is 2.32. The quantitative estimate of drug-likeness (QED) is 0.651. The first kappa shape index (κ1) is 21.1. The van der Waals surface area contributed by atoms with Crippen LogP contribution in [0.1, 0.15) is 43.9 Å². The van der Waals surface area contributed by atoms with E-state index in [9.17, 15) is 19.2 Å². The topological polar surface area (TPSA) is 105 Å². The van der Waals surface area contributed by atoms with Gasteiger partial charge in [0.1, 0.15) is 0 Å². The van der Waals surface area contributed by atoms with Crippen LogP contribution < -0.4 is 10.6 Å². The van der Waals surface area contributed by atoms with Crippen molar-refractivity contribution in [1.29, 1.82) is 0 Å². The first-order valence-corrected chi connectivity index (χ1v) is 9.17. The minimum Gasteiger partial charge on any atom is -0.456 e. The van der Waals surface area contributed by atoms with Gasteiger partial charge in [-0.2, -0.15) is 0 Å². The van der Waals surface area contributed by atoms with E-state index in [-0.39, 0.29) is 24.8 Å². The summed E-state index contributed by atoms with van der Waals surface area (Å²) >= 11 is 0. The number of hydrogen-bond donors (Lipinski definition) is 2. The van der Waals surface area contributed by atoms with Crippen molar-refractivity contribution in [3.05, 3.63) is 41.6 Å². The van der Waals surface area contributed by atoms with E-state index in [1.807, 2.05) is 37.3 Å². The Morgan fingerprint density at radius 1 is 1.11 bits per heavy atom. The van der Waals surface area contributed by atoms with E-state index >= 15 is 0 Å². The Bertz CT molecular complexity index is 775. The average Bonchev–Trinajstić information content (AvgIpc) is 2.69. The Kier molecular flexibility index (Phi) is 7.74. The van der Waals surface area contributed by atoms with Gasteiger partial charge >= 0.3 is 5.97 Å². The van der Waals surface area contributed by atoms with E-state index in [1.54, 1.807) is 6.20 Å². The molecule has 0 unspecified atom stereocenters. The van der Waals surface area contributed by atoms with Crippen molar-refractivity contribution < 1.29 is 23.9 Å². The molecule has 0 spiro atoms. The van der Waals surface area contributed by atoms with Crippen molar-refractivity contribution in [2.75, 3.05) is 19.7 Å². The number of carbonyl (C=O) groups excluding carboxylic acids is 4. The molecule has 2 rings (SSSR count). The van der Waals surface area contributed by atoms with Crippen molar-refractivity contribution in [1.82, 2.24) is 15.5 Å². The van der Waals surface area contributed by atoms with E-state index < -0.39 is 24.5 Å². The summed E-state index contributed by atoms with van der Waals surface area (Å²) in [6.45, 7) is 3.23. The molecule has 1 heterocycles. The van der Waals surface area contributed by atoms with E-state index in [1.165, 1.54) is 11.8 Å². The van der Waals surface area contributed by atoms with Gasteiger partial charge < -0.3 is 20.3 Å². The Morgan fingerprint density at radius 3 is 2.57 bits per heavy atom. The summed E-state index contributed by atoms with van der Waals surface area (Å²) in [4.78, 5) is 48.8. The maximum Gasteiger partial charge on any atom is 0.308 e. The molecule has 0 aromatic heterocycles. The molecule has 0 aliphatic carbocycles. The summed E-state index contributed by atoms with van der Waals surface area (Å²) < 4.78 is 5.02. The fraction of sp³-hybridized carbons (Fsp3) is 0.400. The smallest absolute Gasteiger partial charge is 0.308 e. The predicted octanol–water partition coefficient (Wildman–Crippen LogP) is 1.14. The zero-order valence-electron chi connectivity index (χ0n) is 16.1. The van der Waals surface area contributed by atoms with Gasteiger partial charge in [-0.3, -0.25) is 19.2 Å². The normalized spacial score (nSPS) is 14.8. The maximum absolute atomic E-state index is 12.2. The third-order valence-electron chi connectivity index (χ3n) is 4.21. The molecule has 1 aromatic carbocycles. The summed E-state index contributed by atoms with van der Waals surface area (Å²) in [5, 5.41) is 5.02. The molecule has 8 heteroatoms. The van der Waals surface area contributed by atoms with Crippen LogP contribution in [0.2, 0.25) is 0 Å². The van der Waals surface area contributed by atoms with Gasteiger partial charge in [0.25, 0.3) is 5.91 Å². The van der Waals surface area contributed by atoms with Gasteiger partial charge in [-0.25, -0.2) is 0 Å². The van der Waals surface area contributed by atoms with Crippen LogP contribution in [0.15, 0.2) is 30.5 Å². The lowest BCUT2D eigenvalue weighted by molar-refractivity contribution is -0.150. The average molecular weight is 387 g/mol. The van der Waals surface area contributed by atoms with Gasteiger partial charge in [0.15, 0.2) is 6.61 Å². The van der Waals surface area contributed by atoms with E-state index in [2.05, 4.69) is 10.6 Å². The molecule has 1 aliphatic heterocycles. The molecule has 1 aromatic rings. The summed E-state index contributed by atoms with van der Waals surface area (Å²) in [7, 11) is 0. The second-order valence-electron chi connectivity index (χ2n) is 6.38. The summed E-state index contributed by atoms with van der Waals surface area (Å²) in [6, 6.07) is 6.98. The lowest BCUT2D eigenvalue weighted by Gasteiger charge is -2.32. The Labute approximate surface area is 163 Å². The number of rotatable bonds is 8. The standard InChI is InChI=1S/C20H25N3O5/c1-3-9-21-18(25)12-22-19(26)13-28-20(27)11-17-16-7-5-4-6-15(16)8-10-23(17)14(2)24/h4-8,10,17H,3,9,11-13H2,1-2H3,(H,21,25)(H,22,26)/t17-/m1/s1. The van der Waals surface area contributed by atoms with Gasteiger partial charge in [0.2, 0.25) is 11.8 Å². The van der Waals surface area contributed by atoms with Crippen LogP contribution in [0.25, 0.3) is 6.08 Å². The molecule has 0 fully saturated rings. The van der Waals surface area contributed by atoms with E-state index in [4.69, 9.17) is 4.74 Å². The van der Waals surface area contributed by atoms with Crippen molar-refractivity contribution in [2.24, 2.45) is 0 Å². The molecule has 8 nitrogen and oxygen atoms in total. The molecule has 0 bridgehead atoms. The Balaban J connectivity index is 1.87. The van der Waals surface area contributed by atoms with Crippen LogP contribution in [0.4, 0.5) is 0 Å². The van der Waals surface area contributed by atoms with Crippen molar-refractivity contribution in [2.45, 2.75) is 32.7 Å². The van der Waals surface area contributed by atoms with Gasteiger partial charge in [-0.1, -0.05) is 31.2 Å². The van der Waals surface area contributed by atoms with Crippen LogP contribution in [0.3, 0.4) is 0 Å². The molecule has 150 valence electrons. The number of amides is 3. The van der Waals surface area contributed by atoms with Crippen LogP contribution >= 0.6 is 0 Å². The number of nitrogens with one attached hydrogen (secondary N) is 2. The highest BCUT2D eigenvalue weighted by atomic mass is 16.5. The first-order valence-electron chi connectivity index (χ1n) is 9.17. The maximum atomic E-state index is 12.2. The number of esters is 1. The van der Waals surface area contributed by atoms with Crippen LogP contribution in [0.5, 0.6) is 0 Å². The van der Waals surface area contributed by atoms with E-state index in [0.717, 1.165) is 17.5 Å². The molecule has 0 saturated carbocycles. The number of ether oxygens (including phenoxy) is 1. The van der Waals surface area contributed by atoms with Crippen molar-refractivity contribution >= 4 is 29.8 Å². The second kappa shape index (κ2) is 10.2. The SMILES string of the molecule is CCCNC(=O)CNC(=O)COC(=O)C[C@@H]1c2ccccc2C=CN1C(C)=O. The summed E-state index contributed by atoms with van der Waals surface area (Å²) in [5.74, 6) is -1.66. The third kappa shape index (κ3) is 5.94. The van der Waals surface area contributed by atoms with Crippen LogP contribution in [0, 0.1) is 0 Å². The minimum atomic E-state index is -0.605. The van der Waals surface area contributed by atoms with Gasteiger partial charge in [-0.15, -0.1) is 0 Å². The van der Waals surface area contributed by atoms with Crippen molar-refractivity contribution in [3.63, 3.8) is 0 Å². The zero-order valence-corrected chi connectivity index (χ0v) is 16.1. The first-order chi connectivity index (χ1) is 13.4. The molecular formula is C20H25N3O5. The zero-order chi connectivity index (χ0) is 20.5. The Hall–Kier alpha value is -3.16. The van der Waals surface area contributed by atoms with Gasteiger partial charge in [0.05, 0.1) is 19.0 Å². The van der Waals surface area contributed by atoms with E-state index in [0.29, 0.717) is 6.54 Å². The fourth-order valence-electron chi connectivity index (χ4n) is 2.83. The molecule has 1 atom stereocenters.